The van der Waals surface area contributed by atoms with Crippen LogP contribution in [0.25, 0.3) is 0 Å². The van der Waals surface area contributed by atoms with E-state index in [4.69, 9.17) is 36.7 Å². The van der Waals surface area contributed by atoms with Crippen molar-refractivity contribution >= 4 is 81.1 Å². The molecular weight excluding hydrogens is 996 g/mol. The van der Waals surface area contributed by atoms with Crippen LogP contribution in [0.1, 0.15) is 96.8 Å². The molecule has 20 nitrogen and oxygen atoms in total. The number of amides is 1. The number of thiazole rings is 1. The first kappa shape index (κ1) is 53.9. The molecule has 3 aromatic carbocycles. The summed E-state index contributed by atoms with van der Waals surface area (Å²) in [6, 6.07) is 11.1. The number of anilines is 4. The number of carbonyl (C=O) groups excluding carboxylic acids is 4. The lowest BCUT2D eigenvalue weighted by atomic mass is 9.72. The summed E-state index contributed by atoms with van der Waals surface area (Å²) in [6.07, 6.45) is -3.00. The topological polar surface area (TPSA) is 292 Å². The minimum absolute atomic E-state index is 0. The lowest BCUT2D eigenvalue weighted by molar-refractivity contribution is -0.247. The summed E-state index contributed by atoms with van der Waals surface area (Å²) in [4.78, 5) is 70.6. The van der Waals surface area contributed by atoms with Gasteiger partial charge in [0, 0.05) is 80.8 Å². The van der Waals surface area contributed by atoms with Gasteiger partial charge >= 0.3 is 0 Å². The van der Waals surface area contributed by atoms with Crippen LogP contribution in [0.15, 0.2) is 48.7 Å². The zero-order chi connectivity index (χ0) is 51.1. The Morgan fingerprint density at radius 1 is 1.03 bits per heavy atom. The molecule has 23 heteroatoms. The largest absolute Gasteiger partial charge is 0.507 e. The van der Waals surface area contributed by atoms with Gasteiger partial charge in [0.15, 0.2) is 23.0 Å². The number of piperazine rings is 1. The molecule has 384 valence electrons. The zero-order valence-corrected chi connectivity index (χ0v) is 42.4. The monoisotopic (exact) mass is 1050 g/mol. The Morgan fingerprint density at radius 3 is 2.40 bits per heavy atom. The van der Waals surface area contributed by atoms with Crippen LogP contribution in [0.3, 0.4) is 0 Å². The van der Waals surface area contributed by atoms with E-state index in [9.17, 15) is 39.6 Å². The van der Waals surface area contributed by atoms with Gasteiger partial charge in [-0.3, -0.25) is 24.1 Å². The SMILES string of the molecule is COc1cccc2c1C(=O)c1c(O)c3c(c(O)c1C2=O)C[C@@](O)(C(C)=O)C[C@@H]3OC1CC(N)C(O)C(C)O1.Cc1nc(Nc2ncc(C(=O)Nc3c(C)cccc3Cl)s2)cc(N2CCN(CCO)CC2)n1.Cl. The van der Waals surface area contributed by atoms with Crippen molar-refractivity contribution in [3.63, 3.8) is 0 Å². The molecule has 2 aliphatic heterocycles. The van der Waals surface area contributed by atoms with Gasteiger partial charge in [-0.1, -0.05) is 47.2 Å². The van der Waals surface area contributed by atoms with Crippen molar-refractivity contribution in [2.45, 2.75) is 83.2 Å². The first-order valence-corrected chi connectivity index (χ1v) is 24.1. The summed E-state index contributed by atoms with van der Waals surface area (Å²) in [5, 5.41) is 60.4. The number of aromatic nitrogens is 3. The Bertz CT molecular complexity index is 2870. The number of benzene rings is 3. The maximum atomic E-state index is 13.6. The molecule has 2 aliphatic carbocycles. The molecule has 5 aromatic rings. The normalized spacial score (nSPS) is 22.6. The molecule has 4 aliphatic rings. The van der Waals surface area contributed by atoms with Gasteiger partial charge in [0.1, 0.15) is 45.2 Å². The molecule has 0 bridgehead atoms. The average Bonchev–Trinajstić information content (AvgIpc) is 3.80. The summed E-state index contributed by atoms with van der Waals surface area (Å²) in [7, 11) is 1.34. The van der Waals surface area contributed by atoms with Gasteiger partial charge in [0.25, 0.3) is 5.91 Å². The van der Waals surface area contributed by atoms with Crippen LogP contribution in [0.5, 0.6) is 17.2 Å². The van der Waals surface area contributed by atoms with E-state index in [0.717, 1.165) is 37.6 Å². The summed E-state index contributed by atoms with van der Waals surface area (Å²) in [5.41, 5.74) is 4.46. The number of ketones is 3. The number of Topliss-reactive ketones (excluding diaryl/α,β-unsaturated/α-hetero) is 1. The van der Waals surface area contributed by atoms with Crippen LogP contribution in [0, 0.1) is 13.8 Å². The van der Waals surface area contributed by atoms with E-state index in [1.807, 2.05) is 32.0 Å². The van der Waals surface area contributed by atoms with E-state index >= 15 is 0 Å². The molecule has 6 atom stereocenters. The summed E-state index contributed by atoms with van der Waals surface area (Å²) >= 11 is 7.46. The number of methoxy groups -OCH3 is 1. The van der Waals surface area contributed by atoms with Crippen LogP contribution in [0.2, 0.25) is 5.02 Å². The highest BCUT2D eigenvalue weighted by molar-refractivity contribution is 7.17. The number of fused-ring (bicyclic) bond motifs is 3. The number of carbonyl (C=O) groups is 4. The number of nitrogens with two attached hydrogens (primary N) is 1. The van der Waals surface area contributed by atoms with Crippen molar-refractivity contribution in [2.24, 2.45) is 5.73 Å². The first-order valence-electron chi connectivity index (χ1n) is 22.9. The van der Waals surface area contributed by atoms with Gasteiger partial charge in [0.05, 0.1) is 65.6 Å². The van der Waals surface area contributed by atoms with Gasteiger partial charge in [-0.2, -0.15) is 0 Å². The van der Waals surface area contributed by atoms with Gasteiger partial charge in [0.2, 0.25) is 5.78 Å². The molecule has 0 spiro atoms. The van der Waals surface area contributed by atoms with Crippen molar-refractivity contribution in [1.82, 2.24) is 19.9 Å². The third-order valence-corrected chi connectivity index (χ3v) is 14.4. The maximum Gasteiger partial charge on any atom is 0.267 e. The van der Waals surface area contributed by atoms with E-state index in [1.165, 1.54) is 49.8 Å². The Morgan fingerprint density at radius 2 is 1.74 bits per heavy atom. The molecule has 2 saturated heterocycles. The predicted octanol–water partition coefficient (Wildman–Crippen LogP) is 4.76. The summed E-state index contributed by atoms with van der Waals surface area (Å²) in [6.45, 7) is 10.8. The highest BCUT2D eigenvalue weighted by Crippen LogP contribution is 2.52. The smallest absolute Gasteiger partial charge is 0.267 e. The molecule has 9 rings (SSSR count). The van der Waals surface area contributed by atoms with Crippen molar-refractivity contribution in [3.8, 4) is 17.2 Å². The average molecular weight is 1050 g/mol. The zero-order valence-electron chi connectivity index (χ0n) is 40.0. The third-order valence-electron chi connectivity index (χ3n) is 13.2. The Balaban J connectivity index is 0.000000210. The minimum Gasteiger partial charge on any atom is -0.507 e. The molecule has 2 aromatic heterocycles. The second kappa shape index (κ2) is 22.1. The molecule has 72 heavy (non-hydrogen) atoms. The number of hydrogen-bond donors (Lipinski definition) is 8. The number of aromatic hydroxyl groups is 2. The van der Waals surface area contributed by atoms with E-state index in [2.05, 4.69) is 35.4 Å². The van der Waals surface area contributed by atoms with Crippen LogP contribution in [-0.2, 0) is 20.7 Å². The van der Waals surface area contributed by atoms with E-state index in [0.29, 0.717) is 38.9 Å². The number of halogens is 2. The number of para-hydroxylation sites is 1. The van der Waals surface area contributed by atoms with Gasteiger partial charge < -0.3 is 61.0 Å². The molecule has 0 radical (unpaired) electrons. The quantitative estimate of drug-likeness (QED) is 0.0811. The van der Waals surface area contributed by atoms with Crippen molar-refractivity contribution < 1.29 is 58.9 Å². The fourth-order valence-electron chi connectivity index (χ4n) is 9.29. The van der Waals surface area contributed by atoms with Crippen molar-refractivity contribution in [2.75, 3.05) is 62.0 Å². The van der Waals surface area contributed by atoms with Crippen molar-refractivity contribution in [1.29, 1.82) is 0 Å². The standard InChI is InChI=1S/C27H29NO10.C22H26ClN7O2S.ClH/c1-10-22(30)14(28)7-17(37-10)38-16-9-27(35,11(2)29)8-13-19(16)26(34)21-20(24(13)32)23(31)12-5-4-6-15(36-3)18(12)25(21)33;1-14-4-3-5-16(23)20(14)28-21(32)17-13-24-22(33-17)27-18-12-19(26-15(2)25-18)30-8-6-29(7-9-30)10-11-31;/h4-6,10,14,16-17,22,30,32,34-35H,7-9,28H2,1-3H3;3-5,12-13,31H,6-11H2,1-2H3,(H,28,32)(H,24,25,26,27);1H/t10?,14?,16-,17?,22?,27-;;/m0../s1. The third kappa shape index (κ3) is 10.8. The lowest BCUT2D eigenvalue weighted by Gasteiger charge is -2.42. The van der Waals surface area contributed by atoms with Gasteiger partial charge in [-0.25, -0.2) is 15.0 Å². The first-order chi connectivity index (χ1) is 33.8. The van der Waals surface area contributed by atoms with Crippen LogP contribution < -0.4 is 26.0 Å². The molecule has 9 N–H and O–H groups in total. The number of phenolic OH excluding ortho intramolecular Hbond substituents is 2. The molecule has 0 saturated carbocycles. The van der Waals surface area contributed by atoms with Gasteiger partial charge in [-0.15, -0.1) is 12.4 Å². The van der Waals surface area contributed by atoms with Crippen LogP contribution >= 0.6 is 35.3 Å². The van der Waals surface area contributed by atoms with Crippen LogP contribution in [-0.4, -0.2) is 145 Å². The number of ether oxygens (including phenoxy) is 3. The van der Waals surface area contributed by atoms with E-state index in [-0.39, 0.29) is 65.8 Å². The maximum absolute atomic E-state index is 13.6. The number of phenols is 2. The highest BCUT2D eigenvalue weighted by atomic mass is 35.5. The Kier molecular flexibility index (Phi) is 16.6. The number of β-amino-alcohol motifs (C(OH)–C–C–N with tert-alkyl or cyclic N) is 1. The number of hydrogen-bond acceptors (Lipinski definition) is 20. The Labute approximate surface area is 429 Å². The summed E-state index contributed by atoms with van der Waals surface area (Å²) < 4.78 is 17.1. The molecule has 4 heterocycles. The molecule has 4 unspecified atom stereocenters. The van der Waals surface area contributed by atoms with E-state index < -0.39 is 82.6 Å². The summed E-state index contributed by atoms with van der Waals surface area (Å²) in [5.74, 6) is -1.33. The van der Waals surface area contributed by atoms with Crippen LogP contribution in [0.4, 0.5) is 22.5 Å². The number of aryl methyl sites for hydroxylation is 2. The molecule has 2 fully saturated rings. The number of nitrogens with zero attached hydrogens (tertiary/aromatic N) is 5. The Hall–Kier alpha value is -5.85. The lowest BCUT2D eigenvalue weighted by Crippen LogP contribution is -2.52. The minimum atomic E-state index is -2.00. The van der Waals surface area contributed by atoms with E-state index in [1.54, 1.807) is 13.0 Å². The second-order valence-electron chi connectivity index (χ2n) is 17.9. The number of aliphatic hydroxyl groups excluding tert-OH is 2. The van der Waals surface area contributed by atoms with Gasteiger partial charge in [-0.05, 0) is 45.4 Å². The predicted molar refractivity (Wildman–Crippen MR) is 270 cm³/mol. The number of nitrogens with one attached hydrogen (secondary N) is 2. The fourth-order valence-corrected chi connectivity index (χ4v) is 10.3. The second-order valence-corrected chi connectivity index (χ2v) is 19.3. The fraction of sp³-hybridized carbons (Fsp3) is 0.408. The highest BCUT2D eigenvalue weighted by Gasteiger charge is 2.49. The van der Waals surface area contributed by atoms with Crippen molar-refractivity contribution in [3.05, 3.63) is 103 Å². The molecule has 1 amide bonds. The number of rotatable bonds is 11. The number of aliphatic hydroxyl groups is 3. The molecular formula is C49H56Cl2N8O12S.